The number of aromatic nitrogens is 2. The molecule has 0 saturated carbocycles. The molecule has 29 heavy (non-hydrogen) atoms. The second kappa shape index (κ2) is 9.13. The second-order valence-electron chi connectivity index (χ2n) is 8.03. The largest absolute Gasteiger partial charge is 0.481 e. The highest BCUT2D eigenvalue weighted by molar-refractivity contribution is 7.99. The zero-order valence-electron chi connectivity index (χ0n) is 16.8. The van der Waals surface area contributed by atoms with Gasteiger partial charge >= 0.3 is 5.97 Å². The van der Waals surface area contributed by atoms with Crippen molar-refractivity contribution < 1.29 is 9.90 Å². The summed E-state index contributed by atoms with van der Waals surface area (Å²) in [6.45, 7) is 5.25. The quantitative estimate of drug-likeness (QED) is 0.578. The van der Waals surface area contributed by atoms with Crippen molar-refractivity contribution in [1.29, 1.82) is 0 Å². The van der Waals surface area contributed by atoms with Crippen molar-refractivity contribution in [1.82, 2.24) is 14.9 Å². The van der Waals surface area contributed by atoms with Crippen LogP contribution in [0.3, 0.4) is 0 Å². The molecule has 0 spiro atoms. The minimum Gasteiger partial charge on any atom is -0.481 e. The fourth-order valence-corrected chi connectivity index (χ4v) is 5.40. The van der Waals surface area contributed by atoms with Crippen molar-refractivity contribution in [2.24, 2.45) is 11.8 Å². The average molecular weight is 413 g/mol. The van der Waals surface area contributed by atoms with Gasteiger partial charge in [-0.1, -0.05) is 31.2 Å². The Labute approximate surface area is 176 Å². The summed E-state index contributed by atoms with van der Waals surface area (Å²) >= 11 is 1.65. The van der Waals surface area contributed by atoms with Crippen molar-refractivity contribution in [3.63, 3.8) is 0 Å². The number of likely N-dealkylation sites (tertiary alicyclic amines) is 1. The Balaban J connectivity index is 1.40. The molecule has 0 radical (unpaired) electrons. The molecular formula is C22H28N4O2S. The average Bonchev–Trinajstić information content (AvgIpc) is 2.72. The number of carbonyl (C=O) groups is 1. The Morgan fingerprint density at radius 2 is 2.14 bits per heavy atom. The van der Waals surface area contributed by atoms with Gasteiger partial charge in [0, 0.05) is 36.8 Å². The maximum Gasteiger partial charge on any atom is 0.303 e. The second-order valence-corrected chi connectivity index (χ2v) is 9.06. The molecule has 2 aromatic rings. The molecule has 0 amide bonds. The summed E-state index contributed by atoms with van der Waals surface area (Å²) in [7, 11) is 0. The van der Waals surface area contributed by atoms with Gasteiger partial charge in [-0.2, -0.15) is 0 Å². The van der Waals surface area contributed by atoms with E-state index in [0.29, 0.717) is 18.3 Å². The third kappa shape index (κ3) is 4.90. The van der Waals surface area contributed by atoms with E-state index in [1.807, 2.05) is 0 Å². The minimum absolute atomic E-state index is 0.295. The van der Waals surface area contributed by atoms with Crippen LogP contribution < -0.4 is 5.32 Å². The Morgan fingerprint density at radius 1 is 1.28 bits per heavy atom. The maximum absolute atomic E-state index is 11.0. The number of nitrogens with one attached hydrogen (secondary N) is 1. The van der Waals surface area contributed by atoms with E-state index in [-0.39, 0.29) is 0 Å². The molecule has 2 unspecified atom stereocenters. The number of hydrogen-bond donors (Lipinski definition) is 2. The Morgan fingerprint density at radius 3 is 2.97 bits per heavy atom. The fourth-order valence-electron chi connectivity index (χ4n) is 4.52. The molecule has 2 aliphatic rings. The van der Waals surface area contributed by atoms with Gasteiger partial charge in [0.25, 0.3) is 0 Å². The van der Waals surface area contributed by atoms with Crippen LogP contribution >= 0.6 is 11.8 Å². The lowest BCUT2D eigenvalue weighted by Gasteiger charge is -2.39. The Hall–Kier alpha value is -2.12. The van der Waals surface area contributed by atoms with Crippen molar-refractivity contribution in [2.45, 2.75) is 55.5 Å². The number of anilines is 2. The summed E-state index contributed by atoms with van der Waals surface area (Å²) in [4.78, 5) is 23.5. The van der Waals surface area contributed by atoms with Gasteiger partial charge in [-0.15, -0.1) is 0 Å². The third-order valence-electron chi connectivity index (χ3n) is 5.94. The van der Waals surface area contributed by atoms with Crippen LogP contribution in [0.15, 0.2) is 40.5 Å². The molecule has 7 heteroatoms. The first-order valence-corrected chi connectivity index (χ1v) is 11.3. The summed E-state index contributed by atoms with van der Waals surface area (Å²) in [5.74, 6) is 1.29. The highest BCUT2D eigenvalue weighted by atomic mass is 32.2. The van der Waals surface area contributed by atoms with Gasteiger partial charge in [0.2, 0.25) is 0 Å². The molecule has 0 bridgehead atoms. The number of aliphatic carboxylic acids is 1. The molecule has 4 rings (SSSR count). The van der Waals surface area contributed by atoms with Gasteiger partial charge in [-0.25, -0.2) is 9.97 Å². The highest BCUT2D eigenvalue weighted by Crippen LogP contribution is 2.42. The summed E-state index contributed by atoms with van der Waals surface area (Å²) in [6.07, 6.45) is 7.97. The minimum atomic E-state index is -0.673. The smallest absolute Gasteiger partial charge is 0.303 e. The van der Waals surface area contributed by atoms with E-state index < -0.39 is 5.97 Å². The van der Waals surface area contributed by atoms with Crippen molar-refractivity contribution >= 4 is 29.2 Å². The van der Waals surface area contributed by atoms with Gasteiger partial charge < -0.3 is 10.4 Å². The Kier molecular flexibility index (Phi) is 6.35. The van der Waals surface area contributed by atoms with Crippen LogP contribution in [0.25, 0.3) is 0 Å². The van der Waals surface area contributed by atoms with Crippen molar-refractivity contribution in [3.8, 4) is 0 Å². The zero-order chi connectivity index (χ0) is 20.2. The molecule has 2 atom stereocenters. The van der Waals surface area contributed by atoms with E-state index in [0.717, 1.165) is 55.4 Å². The molecule has 2 aliphatic heterocycles. The van der Waals surface area contributed by atoms with Crippen LogP contribution in [0.2, 0.25) is 0 Å². The first kappa shape index (κ1) is 20.2. The Bertz CT molecular complexity index is 876. The standard InChI is InChI=1S/C22H28N4O2S/c1-2-3-17-14-26(11-8-16(17)5-7-20(27)28)13-15-4-6-19-18(12-15)25-21-22(29-19)24-10-9-23-21/h4,6,9-10,12,16-17H,2-3,5,7-8,11,13-14H2,1H3,(H,23,25)(H,27,28). The number of carboxylic acids is 1. The van der Waals surface area contributed by atoms with Crippen molar-refractivity contribution in [3.05, 3.63) is 36.2 Å². The van der Waals surface area contributed by atoms with Crippen LogP contribution in [0, 0.1) is 11.8 Å². The molecular weight excluding hydrogens is 384 g/mol. The number of piperidine rings is 1. The third-order valence-corrected chi connectivity index (χ3v) is 7.01. The van der Waals surface area contributed by atoms with Crippen molar-refractivity contribution in [2.75, 3.05) is 18.4 Å². The van der Waals surface area contributed by atoms with Crippen LogP contribution in [0.5, 0.6) is 0 Å². The van der Waals surface area contributed by atoms with Gasteiger partial charge in [-0.3, -0.25) is 9.69 Å². The van der Waals surface area contributed by atoms with E-state index in [9.17, 15) is 4.79 Å². The monoisotopic (exact) mass is 412 g/mol. The molecule has 1 fully saturated rings. The van der Waals surface area contributed by atoms with Gasteiger partial charge in [-0.05, 0) is 55.3 Å². The van der Waals surface area contributed by atoms with E-state index in [1.165, 1.54) is 16.9 Å². The lowest BCUT2D eigenvalue weighted by Crippen LogP contribution is -2.40. The number of carboxylic acid groups (broad SMARTS) is 1. The molecule has 0 aliphatic carbocycles. The van der Waals surface area contributed by atoms with Crippen LogP contribution in [-0.2, 0) is 11.3 Å². The van der Waals surface area contributed by atoms with Gasteiger partial charge in [0.1, 0.15) is 5.03 Å². The molecule has 6 nitrogen and oxygen atoms in total. The lowest BCUT2D eigenvalue weighted by molar-refractivity contribution is -0.137. The summed E-state index contributed by atoms with van der Waals surface area (Å²) in [5.41, 5.74) is 2.39. The predicted octanol–water partition coefficient (Wildman–Crippen LogP) is 4.79. The maximum atomic E-state index is 11.0. The fraction of sp³-hybridized carbons (Fsp3) is 0.500. The number of benzene rings is 1. The highest BCUT2D eigenvalue weighted by Gasteiger charge is 2.29. The first-order valence-electron chi connectivity index (χ1n) is 10.5. The van der Waals surface area contributed by atoms with Gasteiger partial charge in [0.15, 0.2) is 5.82 Å². The number of hydrogen-bond acceptors (Lipinski definition) is 6. The molecule has 1 saturated heterocycles. The molecule has 1 aromatic heterocycles. The summed E-state index contributed by atoms with van der Waals surface area (Å²) in [5, 5.41) is 13.4. The van der Waals surface area contributed by atoms with E-state index in [2.05, 4.69) is 45.3 Å². The molecule has 2 N–H and O–H groups in total. The normalized spacial score (nSPS) is 21.1. The van der Waals surface area contributed by atoms with Crippen LogP contribution in [0.1, 0.15) is 44.6 Å². The molecule has 3 heterocycles. The number of fused-ring (bicyclic) bond motifs is 2. The number of nitrogens with zero attached hydrogens (tertiary/aromatic N) is 3. The first-order chi connectivity index (χ1) is 14.1. The predicted molar refractivity (Wildman–Crippen MR) is 115 cm³/mol. The number of rotatable bonds is 7. The van der Waals surface area contributed by atoms with E-state index >= 15 is 0 Å². The lowest BCUT2D eigenvalue weighted by atomic mass is 9.80. The van der Waals surface area contributed by atoms with E-state index in [1.54, 1.807) is 24.2 Å². The summed E-state index contributed by atoms with van der Waals surface area (Å²) in [6, 6.07) is 6.61. The SMILES string of the molecule is CCCC1CN(Cc2ccc3c(c2)Nc2nccnc2S3)CCC1CCC(=O)O. The van der Waals surface area contributed by atoms with Gasteiger partial charge in [0.05, 0.1) is 5.69 Å². The van der Waals surface area contributed by atoms with Crippen LogP contribution in [0.4, 0.5) is 11.5 Å². The molecule has 1 aromatic carbocycles. The van der Waals surface area contributed by atoms with E-state index in [4.69, 9.17) is 5.11 Å². The summed E-state index contributed by atoms with van der Waals surface area (Å²) < 4.78 is 0. The van der Waals surface area contributed by atoms with Crippen LogP contribution in [-0.4, -0.2) is 39.0 Å². The zero-order valence-corrected chi connectivity index (χ0v) is 17.6. The topological polar surface area (TPSA) is 78.3 Å². The molecule has 154 valence electrons.